The monoisotopic (exact) mass is 546 g/mol. The van der Waals surface area contributed by atoms with Crippen molar-refractivity contribution >= 4 is 38.8 Å². The number of aromatic amines is 1. The number of ether oxygens (including phenoxy) is 2. The lowest BCUT2D eigenvalue weighted by atomic mass is 9.87. The van der Waals surface area contributed by atoms with Gasteiger partial charge < -0.3 is 14.5 Å². The number of benzene rings is 1. The van der Waals surface area contributed by atoms with Gasteiger partial charge >= 0.3 is 6.09 Å². The number of amides is 1. The number of pyridine rings is 1. The number of fused-ring (bicyclic) bond motifs is 2. The van der Waals surface area contributed by atoms with E-state index in [1.54, 1.807) is 17.3 Å². The van der Waals surface area contributed by atoms with Crippen LogP contribution in [-0.2, 0) is 32.5 Å². The Hall–Kier alpha value is -2.66. The average molecular weight is 547 g/mol. The van der Waals surface area contributed by atoms with Crippen LogP contribution in [0, 0.1) is 0 Å². The third-order valence-corrected chi connectivity index (χ3v) is 8.30. The summed E-state index contributed by atoms with van der Waals surface area (Å²) in [7, 11) is -3.39. The lowest BCUT2D eigenvalue weighted by molar-refractivity contribution is -0.0333. The Balaban J connectivity index is 1.64. The Bertz CT molecular complexity index is 1460. The van der Waals surface area contributed by atoms with E-state index in [0.717, 1.165) is 33.2 Å². The fraction of sp³-hybridized carbons (Fsp3) is 0.462. The van der Waals surface area contributed by atoms with Crippen molar-refractivity contribution in [3.8, 4) is 11.1 Å². The lowest BCUT2D eigenvalue weighted by Crippen LogP contribution is -2.46. The van der Waals surface area contributed by atoms with E-state index < -0.39 is 27.8 Å². The molecule has 0 bridgehead atoms. The lowest BCUT2D eigenvalue weighted by Gasteiger charge is -2.39. The fourth-order valence-electron chi connectivity index (χ4n) is 4.95. The molecule has 1 fully saturated rings. The highest BCUT2D eigenvalue weighted by molar-refractivity contribution is 7.88. The van der Waals surface area contributed by atoms with Crippen molar-refractivity contribution in [1.29, 1.82) is 0 Å². The molecule has 4 heterocycles. The number of carbonyl (C=O) groups is 1. The van der Waals surface area contributed by atoms with Crippen molar-refractivity contribution < 1.29 is 22.7 Å². The van der Waals surface area contributed by atoms with Crippen LogP contribution in [0.3, 0.4) is 0 Å². The molecule has 11 heteroatoms. The minimum Gasteiger partial charge on any atom is -0.444 e. The van der Waals surface area contributed by atoms with Crippen molar-refractivity contribution in [3.63, 3.8) is 0 Å². The molecule has 1 atom stereocenters. The minimum absolute atomic E-state index is 0.239. The van der Waals surface area contributed by atoms with Gasteiger partial charge in [-0.15, -0.1) is 0 Å². The molecule has 0 aliphatic carbocycles. The van der Waals surface area contributed by atoms with Gasteiger partial charge in [0.05, 0.1) is 30.5 Å². The molecular formula is C26H31ClN4O5S. The molecular weight excluding hydrogens is 516 g/mol. The van der Waals surface area contributed by atoms with Crippen LogP contribution in [0.4, 0.5) is 4.79 Å². The highest BCUT2D eigenvalue weighted by Gasteiger charge is 2.36. The van der Waals surface area contributed by atoms with E-state index in [-0.39, 0.29) is 13.2 Å². The minimum atomic E-state index is -3.39. The Morgan fingerprint density at radius 3 is 2.73 bits per heavy atom. The van der Waals surface area contributed by atoms with Gasteiger partial charge in [-0.05, 0) is 61.6 Å². The van der Waals surface area contributed by atoms with Gasteiger partial charge in [0.25, 0.3) is 0 Å². The highest BCUT2D eigenvalue weighted by Crippen LogP contribution is 2.38. The van der Waals surface area contributed by atoms with E-state index in [4.69, 9.17) is 21.1 Å². The summed E-state index contributed by atoms with van der Waals surface area (Å²) in [6.07, 6.45) is 4.86. The standard InChI is InChI=1S/C26H31ClN4O5S/c1-26(2,3)36-25(32)31-7-8-35-15-23(31)19-10-17(18-11-20-22(27)13-29-24(20)28-12-18)9-16-5-6-30(14-21(16)19)37(4,33)34/h9-13,23H,5-8,14-15H2,1-4H3,(H,28,29). The first-order valence-corrected chi connectivity index (χ1v) is 14.4. The molecule has 5 rings (SSSR count). The molecule has 1 unspecified atom stereocenters. The number of hydrogen-bond acceptors (Lipinski definition) is 6. The second-order valence-electron chi connectivity index (χ2n) is 10.6. The molecule has 9 nitrogen and oxygen atoms in total. The number of nitrogens with one attached hydrogen (secondary N) is 1. The molecule has 0 radical (unpaired) electrons. The van der Waals surface area contributed by atoms with Crippen molar-refractivity contribution in [2.45, 2.75) is 45.4 Å². The summed E-state index contributed by atoms with van der Waals surface area (Å²) in [5.74, 6) is 0. The van der Waals surface area contributed by atoms with Gasteiger partial charge in [-0.25, -0.2) is 18.2 Å². The average Bonchev–Trinajstić information content (AvgIpc) is 3.21. The van der Waals surface area contributed by atoms with E-state index in [9.17, 15) is 13.2 Å². The van der Waals surface area contributed by atoms with Gasteiger partial charge in [-0.3, -0.25) is 4.90 Å². The van der Waals surface area contributed by atoms with E-state index in [0.29, 0.717) is 36.8 Å². The maximum Gasteiger partial charge on any atom is 0.410 e. The Labute approximate surface area is 221 Å². The van der Waals surface area contributed by atoms with E-state index in [2.05, 4.69) is 16.0 Å². The first-order valence-electron chi connectivity index (χ1n) is 12.2. The number of aromatic nitrogens is 2. The number of nitrogens with zero attached hydrogens (tertiary/aromatic N) is 3. The molecule has 1 amide bonds. The number of hydrogen-bond donors (Lipinski definition) is 1. The number of carbonyl (C=O) groups excluding carboxylic acids is 1. The van der Waals surface area contributed by atoms with Gasteiger partial charge in [0, 0.05) is 43.0 Å². The number of halogens is 1. The van der Waals surface area contributed by atoms with Gasteiger partial charge in [0.1, 0.15) is 11.2 Å². The van der Waals surface area contributed by atoms with Crippen LogP contribution in [0.5, 0.6) is 0 Å². The van der Waals surface area contributed by atoms with Crippen LogP contribution in [0.2, 0.25) is 5.02 Å². The number of sulfonamides is 1. The van der Waals surface area contributed by atoms with Crippen molar-refractivity contribution in [2.75, 3.05) is 32.6 Å². The number of H-pyrrole nitrogens is 1. The summed E-state index contributed by atoms with van der Waals surface area (Å²) >= 11 is 6.36. The molecule has 198 valence electrons. The maximum absolute atomic E-state index is 13.2. The zero-order valence-electron chi connectivity index (χ0n) is 21.4. The SMILES string of the molecule is CC(C)(C)OC(=O)N1CCOCC1c1cc(-c2cnc3[nH]cc(Cl)c3c2)cc2c1CN(S(C)(=O)=O)CC2. The third kappa shape index (κ3) is 5.34. The zero-order chi connectivity index (χ0) is 26.5. The smallest absolute Gasteiger partial charge is 0.410 e. The van der Waals surface area contributed by atoms with Gasteiger partial charge in [0.15, 0.2) is 0 Å². The quantitative estimate of drug-likeness (QED) is 0.518. The molecule has 2 aromatic heterocycles. The normalized spacial score (nSPS) is 19.2. The summed E-state index contributed by atoms with van der Waals surface area (Å²) in [4.78, 5) is 22.5. The molecule has 1 saturated heterocycles. The van der Waals surface area contributed by atoms with Gasteiger partial charge in [0.2, 0.25) is 10.0 Å². The predicted octanol–water partition coefficient (Wildman–Crippen LogP) is 4.51. The third-order valence-electron chi connectivity index (χ3n) is 6.74. The Kier molecular flexibility index (Phi) is 6.72. The van der Waals surface area contributed by atoms with Crippen LogP contribution in [0.15, 0.2) is 30.6 Å². The summed E-state index contributed by atoms with van der Waals surface area (Å²) in [5.41, 5.74) is 4.65. The molecule has 1 aromatic carbocycles. The van der Waals surface area contributed by atoms with Crippen LogP contribution in [0.25, 0.3) is 22.2 Å². The van der Waals surface area contributed by atoms with E-state index >= 15 is 0 Å². The summed E-state index contributed by atoms with van der Waals surface area (Å²) < 4.78 is 37.9. The first kappa shape index (κ1) is 26.0. The van der Waals surface area contributed by atoms with Crippen LogP contribution in [-0.4, -0.2) is 71.8 Å². The van der Waals surface area contributed by atoms with Crippen LogP contribution >= 0.6 is 11.6 Å². The Morgan fingerprint density at radius 1 is 1.22 bits per heavy atom. The second-order valence-corrected chi connectivity index (χ2v) is 13.0. The molecule has 0 spiro atoms. The number of morpholine rings is 1. The molecule has 2 aliphatic rings. The summed E-state index contributed by atoms with van der Waals surface area (Å²) in [5, 5.41) is 1.40. The van der Waals surface area contributed by atoms with Gasteiger partial charge in [-0.1, -0.05) is 17.7 Å². The van der Waals surface area contributed by atoms with Gasteiger partial charge in [-0.2, -0.15) is 4.31 Å². The molecule has 2 aliphatic heterocycles. The van der Waals surface area contributed by atoms with Crippen LogP contribution < -0.4 is 0 Å². The van der Waals surface area contributed by atoms with E-state index in [1.807, 2.05) is 32.9 Å². The van der Waals surface area contributed by atoms with Crippen molar-refractivity contribution in [1.82, 2.24) is 19.2 Å². The zero-order valence-corrected chi connectivity index (χ0v) is 22.9. The summed E-state index contributed by atoms with van der Waals surface area (Å²) in [6, 6.07) is 5.67. The topological polar surface area (TPSA) is 105 Å². The maximum atomic E-state index is 13.2. The molecule has 1 N–H and O–H groups in total. The van der Waals surface area contributed by atoms with Crippen molar-refractivity contribution in [3.05, 3.63) is 52.3 Å². The fourth-order valence-corrected chi connectivity index (χ4v) is 5.93. The molecule has 37 heavy (non-hydrogen) atoms. The summed E-state index contributed by atoms with van der Waals surface area (Å²) in [6.45, 7) is 7.21. The first-order chi connectivity index (χ1) is 17.4. The second kappa shape index (κ2) is 9.58. The molecule has 3 aromatic rings. The predicted molar refractivity (Wildman–Crippen MR) is 142 cm³/mol. The van der Waals surface area contributed by atoms with Crippen molar-refractivity contribution in [2.24, 2.45) is 0 Å². The molecule has 0 saturated carbocycles. The number of rotatable bonds is 3. The Morgan fingerprint density at radius 2 is 2.00 bits per heavy atom. The van der Waals surface area contributed by atoms with Crippen LogP contribution in [0.1, 0.15) is 43.5 Å². The highest BCUT2D eigenvalue weighted by atomic mass is 35.5. The van der Waals surface area contributed by atoms with E-state index in [1.165, 1.54) is 10.6 Å². The largest absolute Gasteiger partial charge is 0.444 e.